The van der Waals surface area contributed by atoms with Gasteiger partial charge in [-0.25, -0.2) is 12.8 Å². The van der Waals surface area contributed by atoms with Crippen LogP contribution in [0.15, 0.2) is 18.2 Å². The Bertz CT molecular complexity index is 685. The number of hydrogen-bond donors (Lipinski definition) is 0. The Morgan fingerprint density at radius 2 is 1.92 bits per heavy atom. The lowest BCUT2D eigenvalue weighted by Crippen LogP contribution is -2.51. The van der Waals surface area contributed by atoms with E-state index in [1.54, 1.807) is 4.90 Å². The highest BCUT2D eigenvalue weighted by Crippen LogP contribution is 2.19. The highest BCUT2D eigenvalue weighted by molar-refractivity contribution is 7.89. The third kappa shape index (κ3) is 4.24. The van der Waals surface area contributed by atoms with Crippen LogP contribution in [0.2, 0.25) is 0 Å². The lowest BCUT2D eigenvalue weighted by Gasteiger charge is -2.34. The lowest BCUT2D eigenvalue weighted by molar-refractivity contribution is 0.0697. The molecular weight excluding hydrogens is 335 g/mol. The summed E-state index contributed by atoms with van der Waals surface area (Å²) >= 11 is 0. The number of carbonyl (C=O) groups excluding carboxylic acids is 1. The number of halogens is 1. The summed E-state index contributed by atoms with van der Waals surface area (Å²) in [6.45, 7) is 3.10. The fourth-order valence-corrected chi connectivity index (χ4v) is 4.24. The zero-order valence-electron chi connectivity index (χ0n) is 14.0. The summed E-state index contributed by atoms with van der Waals surface area (Å²) in [5.41, 5.74) is 0.232. The number of ether oxygens (including phenoxy) is 1. The number of carbonyl (C=O) groups is 1. The van der Waals surface area contributed by atoms with Crippen LogP contribution in [0, 0.1) is 5.82 Å². The van der Waals surface area contributed by atoms with Gasteiger partial charge in [0.1, 0.15) is 0 Å². The average molecular weight is 358 g/mol. The van der Waals surface area contributed by atoms with Crippen molar-refractivity contribution >= 4 is 15.9 Å². The summed E-state index contributed by atoms with van der Waals surface area (Å²) in [4.78, 5) is 14.0. The number of methoxy groups -OCH3 is 1. The SMILES string of the molecule is CCCCS(=O)(=O)N1CCN(C(=O)c2ccc(OC)c(F)c2)CC1. The molecule has 1 amide bonds. The molecule has 8 heteroatoms. The van der Waals surface area contributed by atoms with E-state index in [0.29, 0.717) is 19.5 Å². The Balaban J connectivity index is 1.99. The van der Waals surface area contributed by atoms with Crippen LogP contribution >= 0.6 is 0 Å². The molecule has 24 heavy (non-hydrogen) atoms. The third-order valence-corrected chi connectivity index (χ3v) is 6.03. The molecule has 0 bridgehead atoms. The van der Waals surface area contributed by atoms with Crippen molar-refractivity contribution in [3.8, 4) is 5.75 Å². The summed E-state index contributed by atoms with van der Waals surface area (Å²) in [6, 6.07) is 4.06. The molecule has 1 saturated heterocycles. The number of benzene rings is 1. The molecule has 1 heterocycles. The highest BCUT2D eigenvalue weighted by Gasteiger charge is 2.29. The van der Waals surface area contributed by atoms with Gasteiger partial charge >= 0.3 is 0 Å². The van der Waals surface area contributed by atoms with E-state index < -0.39 is 15.8 Å². The molecule has 0 saturated carbocycles. The third-order valence-electron chi connectivity index (χ3n) is 4.07. The summed E-state index contributed by atoms with van der Waals surface area (Å²) in [5, 5.41) is 0. The second-order valence-corrected chi connectivity index (χ2v) is 7.80. The zero-order valence-corrected chi connectivity index (χ0v) is 14.8. The predicted octanol–water partition coefficient (Wildman–Crippen LogP) is 1.72. The summed E-state index contributed by atoms with van der Waals surface area (Å²) in [5.74, 6) is -0.675. The molecule has 6 nitrogen and oxygen atoms in total. The average Bonchev–Trinajstić information content (AvgIpc) is 2.59. The topological polar surface area (TPSA) is 66.9 Å². The number of sulfonamides is 1. The molecule has 0 unspecified atom stereocenters. The molecule has 1 aromatic carbocycles. The van der Waals surface area contributed by atoms with E-state index in [9.17, 15) is 17.6 Å². The van der Waals surface area contributed by atoms with E-state index in [-0.39, 0.29) is 36.1 Å². The van der Waals surface area contributed by atoms with Crippen molar-refractivity contribution in [2.75, 3.05) is 39.0 Å². The minimum atomic E-state index is -3.26. The minimum absolute atomic E-state index is 0.0818. The first-order valence-electron chi connectivity index (χ1n) is 7.99. The first-order valence-corrected chi connectivity index (χ1v) is 9.60. The molecule has 0 N–H and O–H groups in total. The Morgan fingerprint density at radius 1 is 1.25 bits per heavy atom. The Hall–Kier alpha value is -1.67. The van der Waals surface area contributed by atoms with Crippen molar-refractivity contribution in [2.45, 2.75) is 19.8 Å². The van der Waals surface area contributed by atoms with E-state index in [1.165, 1.54) is 23.5 Å². The molecule has 0 atom stereocenters. The number of piperazine rings is 1. The predicted molar refractivity (Wildman–Crippen MR) is 89.1 cm³/mol. The smallest absolute Gasteiger partial charge is 0.254 e. The van der Waals surface area contributed by atoms with Crippen LogP contribution in [0.5, 0.6) is 5.75 Å². The number of rotatable bonds is 6. The van der Waals surface area contributed by atoms with Crippen LogP contribution in [0.3, 0.4) is 0 Å². The Kier molecular flexibility index (Phi) is 6.17. The normalized spacial score (nSPS) is 16.2. The zero-order chi connectivity index (χ0) is 17.7. The van der Waals surface area contributed by atoms with Gasteiger partial charge in [-0.3, -0.25) is 4.79 Å². The van der Waals surface area contributed by atoms with E-state index in [0.717, 1.165) is 12.5 Å². The van der Waals surface area contributed by atoms with E-state index in [1.807, 2.05) is 6.92 Å². The van der Waals surface area contributed by atoms with Crippen LogP contribution < -0.4 is 4.74 Å². The van der Waals surface area contributed by atoms with Gasteiger partial charge in [0.2, 0.25) is 10.0 Å². The van der Waals surface area contributed by atoms with Gasteiger partial charge in [-0.2, -0.15) is 4.31 Å². The molecule has 2 rings (SSSR count). The first kappa shape index (κ1) is 18.7. The van der Waals surface area contributed by atoms with Crippen LogP contribution in [-0.4, -0.2) is 62.6 Å². The summed E-state index contributed by atoms with van der Waals surface area (Å²) < 4.78 is 44.3. The van der Waals surface area contributed by atoms with Gasteiger partial charge in [0, 0.05) is 31.7 Å². The molecule has 0 radical (unpaired) electrons. The second kappa shape index (κ2) is 7.94. The van der Waals surface area contributed by atoms with Crippen LogP contribution in [0.1, 0.15) is 30.1 Å². The van der Waals surface area contributed by atoms with E-state index >= 15 is 0 Å². The van der Waals surface area contributed by atoms with Crippen molar-refractivity contribution < 1.29 is 22.3 Å². The van der Waals surface area contributed by atoms with Crippen molar-refractivity contribution in [1.29, 1.82) is 0 Å². The quantitative estimate of drug-likeness (QED) is 0.777. The fourth-order valence-electron chi connectivity index (χ4n) is 2.61. The van der Waals surface area contributed by atoms with Gasteiger partial charge in [-0.15, -0.1) is 0 Å². The molecule has 1 fully saturated rings. The van der Waals surface area contributed by atoms with Crippen LogP contribution in [0.25, 0.3) is 0 Å². The molecule has 1 aromatic rings. The largest absolute Gasteiger partial charge is 0.494 e. The van der Waals surface area contributed by atoms with Crippen molar-refractivity contribution in [2.24, 2.45) is 0 Å². The monoisotopic (exact) mass is 358 g/mol. The first-order chi connectivity index (χ1) is 11.4. The molecule has 134 valence electrons. The van der Waals surface area contributed by atoms with Crippen molar-refractivity contribution in [3.05, 3.63) is 29.6 Å². The molecule has 1 aliphatic rings. The number of nitrogens with zero attached hydrogens (tertiary/aromatic N) is 2. The van der Waals surface area contributed by atoms with Gasteiger partial charge in [-0.05, 0) is 24.6 Å². The maximum atomic E-state index is 13.7. The lowest BCUT2D eigenvalue weighted by atomic mass is 10.1. The maximum absolute atomic E-state index is 13.7. The fraction of sp³-hybridized carbons (Fsp3) is 0.562. The van der Waals surface area contributed by atoms with Gasteiger partial charge in [0.25, 0.3) is 5.91 Å². The number of amides is 1. The minimum Gasteiger partial charge on any atom is -0.494 e. The standard InChI is InChI=1S/C16H23FN2O4S/c1-3-4-11-24(21,22)19-9-7-18(8-10-19)16(20)13-5-6-15(23-2)14(17)12-13/h5-6,12H,3-4,7-11H2,1-2H3. The van der Waals surface area contributed by atoms with Gasteiger partial charge in [0.15, 0.2) is 11.6 Å². The second-order valence-electron chi connectivity index (χ2n) is 5.71. The van der Waals surface area contributed by atoms with Gasteiger partial charge in [-0.1, -0.05) is 13.3 Å². The highest BCUT2D eigenvalue weighted by atomic mass is 32.2. The molecule has 0 aliphatic carbocycles. The van der Waals surface area contributed by atoms with Crippen molar-refractivity contribution in [3.63, 3.8) is 0 Å². The molecule has 0 spiro atoms. The van der Waals surface area contributed by atoms with Gasteiger partial charge in [0.05, 0.1) is 12.9 Å². The molecular formula is C16H23FN2O4S. The Labute approximate surface area is 142 Å². The number of hydrogen-bond acceptors (Lipinski definition) is 4. The maximum Gasteiger partial charge on any atom is 0.254 e. The van der Waals surface area contributed by atoms with E-state index in [2.05, 4.69) is 0 Å². The van der Waals surface area contributed by atoms with Crippen LogP contribution in [0.4, 0.5) is 4.39 Å². The van der Waals surface area contributed by atoms with Crippen LogP contribution in [-0.2, 0) is 10.0 Å². The number of unbranched alkanes of at least 4 members (excludes halogenated alkanes) is 1. The molecule has 0 aromatic heterocycles. The van der Waals surface area contributed by atoms with Gasteiger partial charge < -0.3 is 9.64 Å². The molecule has 1 aliphatic heterocycles. The van der Waals surface area contributed by atoms with E-state index in [4.69, 9.17) is 4.74 Å². The van der Waals surface area contributed by atoms with Crippen molar-refractivity contribution in [1.82, 2.24) is 9.21 Å². The summed E-state index contributed by atoms with van der Waals surface area (Å²) in [6.07, 6.45) is 1.45. The Morgan fingerprint density at radius 3 is 2.46 bits per heavy atom. The summed E-state index contributed by atoms with van der Waals surface area (Å²) in [7, 11) is -1.90.